The highest BCUT2D eigenvalue weighted by Crippen LogP contribution is 2.23. The van der Waals surface area contributed by atoms with Gasteiger partial charge in [0.25, 0.3) is 0 Å². The van der Waals surface area contributed by atoms with E-state index in [4.69, 9.17) is 6.42 Å². The van der Waals surface area contributed by atoms with Crippen LogP contribution in [0, 0.1) is 12.3 Å². The maximum Gasteiger partial charge on any atom is 0.162 e. The molecule has 80 valence electrons. The summed E-state index contributed by atoms with van der Waals surface area (Å²) in [7, 11) is 0. The number of aromatic nitrogens is 4. The van der Waals surface area contributed by atoms with E-state index in [9.17, 15) is 0 Å². The van der Waals surface area contributed by atoms with Crippen LogP contribution in [-0.2, 0) is 6.54 Å². The predicted molar refractivity (Wildman–Crippen MR) is 65.1 cm³/mol. The number of allylic oxidation sites excluding steroid dienone is 1. The number of fused-ring (bicyclic) bond motifs is 1. The highest BCUT2D eigenvalue weighted by molar-refractivity contribution is 7.99. The Morgan fingerprint density at radius 1 is 1.56 bits per heavy atom. The molecule has 0 bridgehead atoms. The summed E-state index contributed by atoms with van der Waals surface area (Å²) in [5.41, 5.74) is 0.814. The molecule has 0 N–H and O–H groups in total. The van der Waals surface area contributed by atoms with Crippen LogP contribution in [0.2, 0.25) is 0 Å². The van der Waals surface area contributed by atoms with Crippen molar-refractivity contribution in [2.75, 3.05) is 5.75 Å². The first kappa shape index (κ1) is 10.7. The molecule has 0 saturated carbocycles. The van der Waals surface area contributed by atoms with Crippen LogP contribution >= 0.6 is 11.8 Å². The number of terminal acetylenes is 1. The van der Waals surface area contributed by atoms with Gasteiger partial charge in [0.2, 0.25) is 0 Å². The minimum absolute atomic E-state index is 0.596. The quantitative estimate of drug-likeness (QED) is 0.347. The van der Waals surface area contributed by atoms with E-state index in [-0.39, 0.29) is 0 Å². The van der Waals surface area contributed by atoms with E-state index in [0.29, 0.717) is 12.3 Å². The molecule has 0 saturated heterocycles. The van der Waals surface area contributed by atoms with Crippen LogP contribution in [0.15, 0.2) is 30.2 Å². The zero-order chi connectivity index (χ0) is 11.4. The lowest BCUT2D eigenvalue weighted by molar-refractivity contribution is 0.719. The largest absolute Gasteiger partial charge is 0.243 e. The Morgan fingerprint density at radius 2 is 2.44 bits per heavy atom. The number of rotatable bonds is 4. The molecule has 0 aliphatic heterocycles. The number of hydrogen-bond acceptors (Lipinski definition) is 4. The predicted octanol–water partition coefficient (Wildman–Crippen LogP) is 1.74. The lowest BCUT2D eigenvalue weighted by Gasteiger charge is -1.99. The summed E-state index contributed by atoms with van der Waals surface area (Å²) >= 11 is 1.51. The summed E-state index contributed by atoms with van der Waals surface area (Å²) < 4.78 is 1.78. The summed E-state index contributed by atoms with van der Waals surface area (Å²) in [6, 6.07) is 0. The molecule has 0 amide bonds. The maximum absolute atomic E-state index is 5.23. The van der Waals surface area contributed by atoms with Gasteiger partial charge in [-0.2, -0.15) is 5.10 Å². The van der Waals surface area contributed by atoms with Crippen LogP contribution in [0.4, 0.5) is 0 Å². The lowest BCUT2D eigenvalue weighted by Crippen LogP contribution is -1.98. The molecule has 0 aliphatic rings. The number of hydrogen-bond donors (Lipinski definition) is 0. The standard InChI is InChI=1S/C11H10N4S/c1-3-5-15-10-9(7-14-15)11(13-8-12-10)16-6-4-2/h2-3,7-8H,1,5-6H2. The molecule has 2 heterocycles. The van der Waals surface area contributed by atoms with E-state index in [2.05, 4.69) is 27.6 Å². The van der Waals surface area contributed by atoms with Crippen LogP contribution in [-0.4, -0.2) is 25.5 Å². The molecule has 0 aliphatic carbocycles. The van der Waals surface area contributed by atoms with Gasteiger partial charge in [-0.1, -0.05) is 23.8 Å². The Hall–Kier alpha value is -1.80. The molecule has 4 nitrogen and oxygen atoms in total. The van der Waals surface area contributed by atoms with Crippen molar-refractivity contribution in [1.29, 1.82) is 0 Å². The maximum atomic E-state index is 5.23. The Labute approximate surface area is 97.8 Å². The zero-order valence-electron chi connectivity index (χ0n) is 8.63. The van der Waals surface area contributed by atoms with Gasteiger partial charge in [0.1, 0.15) is 11.4 Å². The molecule has 2 aromatic rings. The molecular formula is C11H10N4S. The number of nitrogens with zero attached hydrogens (tertiary/aromatic N) is 4. The summed E-state index contributed by atoms with van der Waals surface area (Å²) in [4.78, 5) is 8.40. The summed E-state index contributed by atoms with van der Waals surface area (Å²) in [5.74, 6) is 3.17. The summed E-state index contributed by atoms with van der Waals surface area (Å²) in [6.45, 7) is 4.32. The molecule has 2 rings (SSSR count). The molecule has 0 unspecified atom stereocenters. The summed E-state index contributed by atoms with van der Waals surface area (Å²) in [6.07, 6.45) is 10.3. The minimum Gasteiger partial charge on any atom is -0.243 e. The second kappa shape index (κ2) is 4.81. The third kappa shape index (κ3) is 1.92. The van der Waals surface area contributed by atoms with Gasteiger partial charge in [-0.05, 0) is 0 Å². The summed E-state index contributed by atoms with van der Waals surface area (Å²) in [5, 5.41) is 6.04. The van der Waals surface area contributed by atoms with E-state index >= 15 is 0 Å². The van der Waals surface area contributed by atoms with Crippen LogP contribution in [0.3, 0.4) is 0 Å². The SMILES string of the molecule is C#CCSc1ncnc2c1cnn2CC=C. The second-order valence-electron chi connectivity index (χ2n) is 3.02. The first-order valence-electron chi connectivity index (χ1n) is 4.70. The average Bonchev–Trinajstić information content (AvgIpc) is 2.71. The minimum atomic E-state index is 0.596. The first-order valence-corrected chi connectivity index (χ1v) is 5.69. The molecule has 0 atom stereocenters. The van der Waals surface area contributed by atoms with Crippen LogP contribution in [0.25, 0.3) is 11.0 Å². The van der Waals surface area contributed by atoms with E-state index in [1.54, 1.807) is 17.0 Å². The van der Waals surface area contributed by atoms with Crippen molar-refractivity contribution in [3.63, 3.8) is 0 Å². The van der Waals surface area contributed by atoms with Gasteiger partial charge in [-0.25, -0.2) is 14.6 Å². The van der Waals surface area contributed by atoms with Crippen LogP contribution in [0.5, 0.6) is 0 Å². The van der Waals surface area contributed by atoms with Crippen molar-refractivity contribution in [2.24, 2.45) is 0 Å². The Morgan fingerprint density at radius 3 is 3.19 bits per heavy atom. The van der Waals surface area contributed by atoms with Gasteiger partial charge in [0, 0.05) is 0 Å². The van der Waals surface area contributed by atoms with Gasteiger partial charge >= 0.3 is 0 Å². The Bertz CT molecular complexity index is 553. The topological polar surface area (TPSA) is 43.6 Å². The van der Waals surface area contributed by atoms with E-state index in [1.807, 2.05) is 0 Å². The highest BCUT2D eigenvalue weighted by Gasteiger charge is 2.08. The molecular weight excluding hydrogens is 220 g/mol. The normalized spacial score (nSPS) is 10.2. The van der Waals surface area contributed by atoms with Gasteiger partial charge in [-0.3, -0.25) is 0 Å². The van der Waals surface area contributed by atoms with Crippen LogP contribution in [0.1, 0.15) is 0 Å². The van der Waals surface area contributed by atoms with E-state index in [1.165, 1.54) is 18.1 Å². The lowest BCUT2D eigenvalue weighted by atomic mass is 10.4. The number of thioether (sulfide) groups is 1. The molecule has 5 heteroatoms. The molecule has 0 radical (unpaired) electrons. The van der Waals surface area contributed by atoms with Gasteiger partial charge in [-0.15, -0.1) is 13.0 Å². The van der Waals surface area contributed by atoms with Crippen molar-refractivity contribution in [3.8, 4) is 12.3 Å². The van der Waals surface area contributed by atoms with E-state index in [0.717, 1.165) is 16.1 Å². The third-order valence-corrected chi connectivity index (χ3v) is 2.90. The molecule has 0 aromatic carbocycles. The molecule has 2 aromatic heterocycles. The average molecular weight is 230 g/mol. The highest BCUT2D eigenvalue weighted by atomic mass is 32.2. The third-order valence-electron chi connectivity index (χ3n) is 1.99. The van der Waals surface area contributed by atoms with Crippen molar-refractivity contribution in [3.05, 3.63) is 25.2 Å². The van der Waals surface area contributed by atoms with Gasteiger partial charge < -0.3 is 0 Å². The Kier molecular flexibility index (Phi) is 3.22. The molecule has 0 spiro atoms. The van der Waals surface area contributed by atoms with Crippen molar-refractivity contribution in [1.82, 2.24) is 19.7 Å². The fourth-order valence-electron chi connectivity index (χ4n) is 1.35. The second-order valence-corrected chi connectivity index (χ2v) is 3.99. The smallest absolute Gasteiger partial charge is 0.162 e. The first-order chi connectivity index (χ1) is 7.86. The fourth-order valence-corrected chi connectivity index (χ4v) is 1.99. The van der Waals surface area contributed by atoms with Crippen molar-refractivity contribution >= 4 is 22.8 Å². The zero-order valence-corrected chi connectivity index (χ0v) is 9.44. The molecule has 16 heavy (non-hydrogen) atoms. The van der Waals surface area contributed by atoms with Crippen LogP contribution < -0.4 is 0 Å². The van der Waals surface area contributed by atoms with Gasteiger partial charge in [0.15, 0.2) is 5.65 Å². The fraction of sp³-hybridized carbons (Fsp3) is 0.182. The molecule has 0 fully saturated rings. The van der Waals surface area contributed by atoms with E-state index < -0.39 is 0 Å². The van der Waals surface area contributed by atoms with Crippen molar-refractivity contribution < 1.29 is 0 Å². The Balaban J connectivity index is 2.45. The van der Waals surface area contributed by atoms with Crippen molar-refractivity contribution in [2.45, 2.75) is 11.6 Å². The van der Waals surface area contributed by atoms with Gasteiger partial charge in [0.05, 0.1) is 23.9 Å². The monoisotopic (exact) mass is 230 g/mol.